The van der Waals surface area contributed by atoms with Crippen LogP contribution in [0.3, 0.4) is 0 Å². The van der Waals surface area contributed by atoms with Gasteiger partial charge in [-0.3, -0.25) is 9.78 Å². The van der Waals surface area contributed by atoms with E-state index in [-0.39, 0.29) is 5.24 Å². The predicted octanol–water partition coefficient (Wildman–Crippen LogP) is 3.02. The Bertz CT molecular complexity index is 584. The fourth-order valence-corrected chi connectivity index (χ4v) is 2.41. The maximum absolute atomic E-state index is 11.8. The first-order valence-electron chi connectivity index (χ1n) is 5.44. The van der Waals surface area contributed by atoms with Crippen molar-refractivity contribution >= 4 is 27.9 Å². The molecule has 1 aromatic heterocycles. The minimum absolute atomic E-state index is 0.0496. The van der Waals surface area contributed by atoms with Gasteiger partial charge in [0.1, 0.15) is 5.75 Å². The Balaban J connectivity index is 2.54. The minimum atomic E-state index is -0.0496. The number of benzene rings is 1. The Kier molecular flexibility index (Phi) is 3.72. The maximum Gasteiger partial charge on any atom is 0.286 e. The molecule has 5 heteroatoms. The second kappa shape index (κ2) is 5.27. The summed E-state index contributed by atoms with van der Waals surface area (Å²) < 4.78 is 5.30. The average Bonchev–Trinajstić information content (AvgIpc) is 2.39. The van der Waals surface area contributed by atoms with Crippen molar-refractivity contribution in [2.45, 2.75) is 4.90 Å². The molecule has 0 aliphatic rings. The quantitative estimate of drug-likeness (QED) is 0.780. The molecule has 0 atom stereocenters. The molecule has 1 aromatic carbocycles. The normalized spacial score (nSPS) is 10.4. The van der Waals surface area contributed by atoms with Gasteiger partial charge in [0.15, 0.2) is 0 Å². The molecule has 4 nitrogen and oxygen atoms in total. The van der Waals surface area contributed by atoms with Gasteiger partial charge < -0.3 is 9.64 Å². The molecule has 2 rings (SSSR count). The minimum Gasteiger partial charge on any atom is -0.495 e. The van der Waals surface area contributed by atoms with Crippen LogP contribution in [0.2, 0.25) is 0 Å². The lowest BCUT2D eigenvalue weighted by molar-refractivity contribution is 0.241. The van der Waals surface area contributed by atoms with Crippen molar-refractivity contribution in [3.63, 3.8) is 0 Å². The summed E-state index contributed by atoms with van der Waals surface area (Å²) in [4.78, 5) is 18.5. The fraction of sp³-hybridized carbons (Fsp3) is 0.231. The number of aromatic nitrogens is 1. The van der Waals surface area contributed by atoms with Crippen LogP contribution in [0, 0.1) is 0 Å². The number of amides is 1. The van der Waals surface area contributed by atoms with E-state index in [4.69, 9.17) is 4.74 Å². The summed E-state index contributed by atoms with van der Waals surface area (Å²) in [6.07, 6.45) is 1.71. The third-order valence-electron chi connectivity index (χ3n) is 2.47. The third-order valence-corrected chi connectivity index (χ3v) is 3.60. The molecule has 0 aliphatic carbocycles. The second-order valence-corrected chi connectivity index (χ2v) is 4.90. The van der Waals surface area contributed by atoms with Crippen LogP contribution in [0.4, 0.5) is 4.79 Å². The van der Waals surface area contributed by atoms with Crippen LogP contribution in [-0.4, -0.2) is 36.3 Å². The summed E-state index contributed by atoms with van der Waals surface area (Å²) in [5.74, 6) is 0.668. The van der Waals surface area contributed by atoms with E-state index in [1.165, 1.54) is 4.90 Å². The molecule has 1 heterocycles. The molecule has 0 aliphatic heterocycles. The van der Waals surface area contributed by atoms with Crippen LogP contribution in [0.25, 0.3) is 10.9 Å². The standard InChI is InChI=1S/C13H14N2O2S/c1-15(2)13(16)18-12-10(17-3)7-6-9-5-4-8-14-11(9)12/h4-8H,1-3H3. The molecule has 0 radical (unpaired) electrons. The van der Waals surface area contributed by atoms with Gasteiger partial charge in [-0.2, -0.15) is 0 Å². The molecule has 0 spiro atoms. The monoisotopic (exact) mass is 262 g/mol. The number of fused-ring (bicyclic) bond motifs is 1. The molecule has 94 valence electrons. The van der Waals surface area contributed by atoms with Crippen LogP contribution in [0.1, 0.15) is 0 Å². The van der Waals surface area contributed by atoms with E-state index >= 15 is 0 Å². The van der Waals surface area contributed by atoms with Crippen LogP contribution in [0.5, 0.6) is 5.75 Å². The fourth-order valence-electron chi connectivity index (χ4n) is 1.54. The number of rotatable bonds is 2. The molecule has 0 unspecified atom stereocenters. The van der Waals surface area contributed by atoms with E-state index in [0.717, 1.165) is 27.6 Å². The number of ether oxygens (including phenoxy) is 1. The highest BCUT2D eigenvalue weighted by molar-refractivity contribution is 8.13. The number of hydrogen-bond donors (Lipinski definition) is 0. The second-order valence-electron chi connectivity index (χ2n) is 3.93. The number of pyridine rings is 1. The Hall–Kier alpha value is -1.75. The van der Waals surface area contributed by atoms with E-state index in [1.807, 2.05) is 24.3 Å². The maximum atomic E-state index is 11.8. The zero-order chi connectivity index (χ0) is 13.1. The first-order valence-corrected chi connectivity index (χ1v) is 6.26. The molecule has 0 saturated heterocycles. The van der Waals surface area contributed by atoms with Gasteiger partial charge in [0.05, 0.1) is 17.5 Å². The summed E-state index contributed by atoms with van der Waals surface area (Å²) in [5, 5.41) is 0.943. The largest absolute Gasteiger partial charge is 0.495 e. The summed E-state index contributed by atoms with van der Waals surface area (Å²) >= 11 is 1.13. The van der Waals surface area contributed by atoms with Gasteiger partial charge in [-0.1, -0.05) is 6.07 Å². The van der Waals surface area contributed by atoms with Crippen LogP contribution in [0.15, 0.2) is 35.4 Å². The van der Waals surface area contributed by atoms with Crippen molar-refractivity contribution in [3.8, 4) is 5.75 Å². The SMILES string of the molecule is COc1ccc2cccnc2c1SC(=O)N(C)C. The van der Waals surface area contributed by atoms with Crippen molar-refractivity contribution in [3.05, 3.63) is 30.5 Å². The summed E-state index contributed by atoms with van der Waals surface area (Å²) in [6.45, 7) is 0. The van der Waals surface area contributed by atoms with Gasteiger partial charge in [-0.05, 0) is 30.0 Å². The lowest BCUT2D eigenvalue weighted by Gasteiger charge is -2.13. The zero-order valence-electron chi connectivity index (χ0n) is 10.5. The van der Waals surface area contributed by atoms with Crippen LogP contribution in [-0.2, 0) is 0 Å². The first kappa shape index (κ1) is 12.7. The number of nitrogens with zero attached hydrogens (tertiary/aromatic N) is 2. The van der Waals surface area contributed by atoms with E-state index in [0.29, 0.717) is 5.75 Å². The van der Waals surface area contributed by atoms with Crippen LogP contribution >= 0.6 is 11.8 Å². The molecule has 0 fully saturated rings. The lowest BCUT2D eigenvalue weighted by atomic mass is 10.2. The number of methoxy groups -OCH3 is 1. The van der Waals surface area contributed by atoms with Crippen molar-refractivity contribution in [2.24, 2.45) is 0 Å². The highest BCUT2D eigenvalue weighted by Crippen LogP contribution is 2.36. The summed E-state index contributed by atoms with van der Waals surface area (Å²) in [5.41, 5.74) is 0.789. The zero-order valence-corrected chi connectivity index (χ0v) is 11.3. The molecule has 0 bridgehead atoms. The number of carbonyl (C=O) groups excluding carboxylic acids is 1. The Morgan fingerprint density at radius 3 is 2.78 bits per heavy atom. The molecule has 0 saturated carbocycles. The third kappa shape index (κ3) is 2.41. The van der Waals surface area contributed by atoms with Gasteiger partial charge in [0.2, 0.25) is 0 Å². The summed E-state index contributed by atoms with van der Waals surface area (Å²) in [6, 6.07) is 7.63. The lowest BCUT2D eigenvalue weighted by Crippen LogP contribution is -2.16. The van der Waals surface area contributed by atoms with Crippen LogP contribution < -0.4 is 4.74 Å². The molecule has 18 heavy (non-hydrogen) atoms. The molecule has 1 amide bonds. The smallest absolute Gasteiger partial charge is 0.286 e. The molecular weight excluding hydrogens is 248 g/mol. The Labute approximate surface area is 110 Å². The van der Waals surface area contributed by atoms with E-state index in [9.17, 15) is 4.79 Å². The highest BCUT2D eigenvalue weighted by atomic mass is 32.2. The molecule has 2 aromatic rings. The predicted molar refractivity (Wildman–Crippen MR) is 73.2 cm³/mol. The van der Waals surface area contributed by atoms with Gasteiger partial charge >= 0.3 is 0 Å². The van der Waals surface area contributed by atoms with Gasteiger partial charge in [-0.25, -0.2) is 0 Å². The van der Waals surface area contributed by atoms with E-state index in [2.05, 4.69) is 4.98 Å². The highest BCUT2D eigenvalue weighted by Gasteiger charge is 2.15. The summed E-state index contributed by atoms with van der Waals surface area (Å²) in [7, 11) is 5.04. The van der Waals surface area contributed by atoms with Gasteiger partial charge in [0.25, 0.3) is 5.24 Å². The van der Waals surface area contributed by atoms with Crippen molar-refractivity contribution < 1.29 is 9.53 Å². The van der Waals surface area contributed by atoms with Gasteiger partial charge in [-0.15, -0.1) is 0 Å². The van der Waals surface area contributed by atoms with Crippen molar-refractivity contribution in [2.75, 3.05) is 21.2 Å². The van der Waals surface area contributed by atoms with Crippen molar-refractivity contribution in [1.29, 1.82) is 0 Å². The number of hydrogen-bond acceptors (Lipinski definition) is 4. The Morgan fingerprint density at radius 1 is 1.33 bits per heavy atom. The number of thioether (sulfide) groups is 1. The average molecular weight is 262 g/mol. The van der Waals surface area contributed by atoms with Gasteiger partial charge in [0, 0.05) is 25.7 Å². The van der Waals surface area contributed by atoms with E-state index in [1.54, 1.807) is 27.4 Å². The topological polar surface area (TPSA) is 42.4 Å². The Morgan fingerprint density at radius 2 is 2.11 bits per heavy atom. The number of carbonyl (C=O) groups is 1. The van der Waals surface area contributed by atoms with Crippen molar-refractivity contribution in [1.82, 2.24) is 9.88 Å². The van der Waals surface area contributed by atoms with E-state index < -0.39 is 0 Å². The molecule has 0 N–H and O–H groups in total. The molecular formula is C13H14N2O2S. The first-order chi connectivity index (χ1) is 8.63.